The SMILES string of the molecule is CCCN1C(=O)/C(=C/c2cc(OC)c(OCc3ccc(Cl)cc3Cl)cc2Br)SC1=Nc1ccc(Cl)cc1. The van der Waals surface area contributed by atoms with Crippen molar-refractivity contribution < 1.29 is 14.3 Å². The molecule has 3 aromatic rings. The van der Waals surface area contributed by atoms with E-state index in [0.717, 1.165) is 27.7 Å². The van der Waals surface area contributed by atoms with Crippen LogP contribution in [0.15, 0.2) is 69.0 Å². The number of benzene rings is 3. The van der Waals surface area contributed by atoms with Crippen molar-refractivity contribution in [2.75, 3.05) is 13.7 Å². The van der Waals surface area contributed by atoms with Crippen molar-refractivity contribution >= 4 is 85.3 Å². The Morgan fingerprint density at radius 3 is 2.43 bits per heavy atom. The minimum absolute atomic E-state index is 0.0943. The molecule has 0 saturated carbocycles. The van der Waals surface area contributed by atoms with Gasteiger partial charge >= 0.3 is 0 Å². The summed E-state index contributed by atoms with van der Waals surface area (Å²) in [4.78, 5) is 20.2. The molecule has 0 atom stereocenters. The Morgan fingerprint density at radius 2 is 1.76 bits per heavy atom. The molecule has 1 heterocycles. The van der Waals surface area contributed by atoms with Gasteiger partial charge in [0, 0.05) is 31.6 Å². The van der Waals surface area contributed by atoms with Gasteiger partial charge in [0.25, 0.3) is 5.91 Å². The highest BCUT2D eigenvalue weighted by Gasteiger charge is 2.33. The fourth-order valence-electron chi connectivity index (χ4n) is 3.51. The summed E-state index contributed by atoms with van der Waals surface area (Å²) < 4.78 is 12.3. The number of amides is 1. The van der Waals surface area contributed by atoms with Crippen LogP contribution in [0.2, 0.25) is 15.1 Å². The summed E-state index contributed by atoms with van der Waals surface area (Å²) in [5.74, 6) is 0.963. The number of ether oxygens (including phenoxy) is 2. The van der Waals surface area contributed by atoms with Gasteiger partial charge in [0.2, 0.25) is 0 Å². The molecule has 1 aliphatic rings. The second kappa shape index (κ2) is 12.6. The quantitative estimate of drug-likeness (QED) is 0.231. The van der Waals surface area contributed by atoms with Crippen molar-refractivity contribution in [2.45, 2.75) is 20.0 Å². The molecule has 3 aromatic carbocycles. The Kier molecular flexibility index (Phi) is 9.48. The molecule has 4 rings (SSSR count). The fraction of sp³-hybridized carbons (Fsp3) is 0.185. The van der Waals surface area contributed by atoms with Crippen LogP contribution in [0, 0.1) is 0 Å². The van der Waals surface area contributed by atoms with E-state index in [1.54, 1.807) is 36.3 Å². The Morgan fingerprint density at radius 1 is 1.03 bits per heavy atom. The molecule has 0 radical (unpaired) electrons. The Bertz CT molecular complexity index is 1380. The Labute approximate surface area is 243 Å². The summed E-state index contributed by atoms with van der Waals surface area (Å²) in [5, 5.41) is 2.34. The van der Waals surface area contributed by atoms with Gasteiger partial charge < -0.3 is 9.47 Å². The molecule has 0 bridgehead atoms. The lowest BCUT2D eigenvalue weighted by atomic mass is 10.1. The molecule has 0 aliphatic carbocycles. The highest BCUT2D eigenvalue weighted by atomic mass is 79.9. The number of halogens is 4. The minimum Gasteiger partial charge on any atom is -0.493 e. The van der Waals surface area contributed by atoms with Gasteiger partial charge in [0.1, 0.15) is 6.61 Å². The van der Waals surface area contributed by atoms with E-state index in [1.807, 2.05) is 43.3 Å². The normalized spacial score (nSPS) is 15.6. The van der Waals surface area contributed by atoms with Crippen LogP contribution < -0.4 is 9.47 Å². The van der Waals surface area contributed by atoms with Gasteiger partial charge in [0.05, 0.1) is 17.7 Å². The maximum Gasteiger partial charge on any atom is 0.266 e. The molecule has 1 saturated heterocycles. The second-order valence-electron chi connectivity index (χ2n) is 7.99. The summed E-state index contributed by atoms with van der Waals surface area (Å²) in [6.45, 7) is 2.83. The van der Waals surface area contributed by atoms with Crippen LogP contribution in [-0.4, -0.2) is 29.6 Å². The molecule has 1 fully saturated rings. The highest BCUT2D eigenvalue weighted by molar-refractivity contribution is 9.10. The predicted molar refractivity (Wildman–Crippen MR) is 158 cm³/mol. The molecule has 5 nitrogen and oxygen atoms in total. The standard InChI is InChI=1S/C27H22BrCl3N2O3S/c1-3-10-33-26(34)25(37-27(33)32-20-8-6-18(29)7-9-20)12-17-11-23(35-2)24(14-21(17)28)36-15-16-4-5-19(30)13-22(16)31/h4-9,11-14H,3,10,15H2,1-2H3/b25-12-,32-27?. The van der Waals surface area contributed by atoms with Crippen LogP contribution in [-0.2, 0) is 11.4 Å². The molecule has 192 valence electrons. The Balaban J connectivity index is 1.60. The van der Waals surface area contributed by atoms with E-state index in [0.29, 0.717) is 43.2 Å². The minimum atomic E-state index is -0.0943. The fourth-order valence-corrected chi connectivity index (χ4v) is 5.55. The molecule has 0 N–H and O–H groups in total. The van der Waals surface area contributed by atoms with Gasteiger partial charge in [0.15, 0.2) is 16.7 Å². The molecule has 37 heavy (non-hydrogen) atoms. The van der Waals surface area contributed by atoms with E-state index in [-0.39, 0.29) is 12.5 Å². The number of nitrogens with zero attached hydrogens (tertiary/aromatic N) is 2. The van der Waals surface area contributed by atoms with Crippen LogP contribution in [0.4, 0.5) is 5.69 Å². The number of thioether (sulfide) groups is 1. The van der Waals surface area contributed by atoms with Gasteiger partial charge in [-0.1, -0.05) is 63.7 Å². The van der Waals surface area contributed by atoms with E-state index < -0.39 is 0 Å². The number of aliphatic imine (C=N–C) groups is 1. The zero-order valence-electron chi connectivity index (χ0n) is 19.9. The number of hydrogen-bond donors (Lipinski definition) is 0. The lowest BCUT2D eigenvalue weighted by Gasteiger charge is -2.14. The van der Waals surface area contributed by atoms with Crippen LogP contribution in [0.3, 0.4) is 0 Å². The van der Waals surface area contributed by atoms with Crippen LogP contribution >= 0.6 is 62.5 Å². The molecule has 1 amide bonds. The van der Waals surface area contributed by atoms with Crippen LogP contribution in [0.25, 0.3) is 6.08 Å². The zero-order valence-corrected chi connectivity index (χ0v) is 24.6. The smallest absolute Gasteiger partial charge is 0.266 e. The van der Waals surface area contributed by atoms with Crippen molar-refractivity contribution in [1.82, 2.24) is 4.90 Å². The summed E-state index contributed by atoms with van der Waals surface area (Å²) >= 11 is 23.2. The molecule has 0 spiro atoms. The lowest BCUT2D eigenvalue weighted by molar-refractivity contribution is -0.122. The molecule has 1 aliphatic heterocycles. The average Bonchev–Trinajstić information content (AvgIpc) is 3.15. The van der Waals surface area contributed by atoms with Crippen molar-refractivity contribution in [3.63, 3.8) is 0 Å². The van der Waals surface area contributed by atoms with Gasteiger partial charge in [-0.15, -0.1) is 0 Å². The van der Waals surface area contributed by atoms with Crippen molar-refractivity contribution in [1.29, 1.82) is 0 Å². The number of hydrogen-bond acceptors (Lipinski definition) is 5. The number of rotatable bonds is 8. The van der Waals surface area contributed by atoms with E-state index in [9.17, 15) is 4.79 Å². The largest absolute Gasteiger partial charge is 0.493 e. The lowest BCUT2D eigenvalue weighted by Crippen LogP contribution is -2.29. The predicted octanol–water partition coefficient (Wildman–Crippen LogP) is 9.01. The zero-order chi connectivity index (χ0) is 26.5. The van der Waals surface area contributed by atoms with E-state index in [2.05, 4.69) is 20.9 Å². The van der Waals surface area contributed by atoms with Gasteiger partial charge in [-0.25, -0.2) is 4.99 Å². The van der Waals surface area contributed by atoms with Crippen molar-refractivity contribution in [3.8, 4) is 11.5 Å². The van der Waals surface area contributed by atoms with E-state index >= 15 is 0 Å². The molecular weight excluding hydrogens is 619 g/mol. The maximum absolute atomic E-state index is 13.2. The number of carbonyl (C=O) groups is 1. The first-order valence-corrected chi connectivity index (χ1v) is 14.0. The first-order chi connectivity index (χ1) is 17.8. The van der Waals surface area contributed by atoms with Crippen LogP contribution in [0.1, 0.15) is 24.5 Å². The highest BCUT2D eigenvalue weighted by Crippen LogP contribution is 2.39. The summed E-state index contributed by atoms with van der Waals surface area (Å²) in [6, 6.07) is 16.1. The molecule has 10 heteroatoms. The Hall–Kier alpha value is -2.16. The molecule has 0 aromatic heterocycles. The second-order valence-corrected chi connectivity index (χ2v) is 11.1. The topological polar surface area (TPSA) is 51.1 Å². The first kappa shape index (κ1) is 27.9. The van der Waals surface area contributed by atoms with E-state index in [1.165, 1.54) is 11.8 Å². The third kappa shape index (κ3) is 6.84. The summed E-state index contributed by atoms with van der Waals surface area (Å²) in [5.41, 5.74) is 2.30. The monoisotopic (exact) mass is 638 g/mol. The van der Waals surface area contributed by atoms with Gasteiger partial charge in [-0.2, -0.15) is 0 Å². The molecule has 0 unspecified atom stereocenters. The number of methoxy groups -OCH3 is 1. The van der Waals surface area contributed by atoms with Crippen LogP contribution in [0.5, 0.6) is 11.5 Å². The first-order valence-electron chi connectivity index (χ1n) is 11.3. The summed E-state index contributed by atoms with van der Waals surface area (Å²) in [6.07, 6.45) is 2.63. The van der Waals surface area contributed by atoms with E-state index in [4.69, 9.17) is 44.3 Å². The number of carbonyl (C=O) groups excluding carboxylic acids is 1. The van der Waals surface area contributed by atoms with Crippen molar-refractivity contribution in [2.24, 2.45) is 4.99 Å². The van der Waals surface area contributed by atoms with Gasteiger partial charge in [-0.05, 0) is 78.4 Å². The third-order valence-corrected chi connectivity index (χ3v) is 7.89. The average molecular weight is 641 g/mol. The maximum atomic E-state index is 13.2. The van der Waals surface area contributed by atoms with Gasteiger partial charge in [-0.3, -0.25) is 9.69 Å². The summed E-state index contributed by atoms with van der Waals surface area (Å²) in [7, 11) is 1.57. The number of amidine groups is 1. The van der Waals surface area contributed by atoms with Crippen molar-refractivity contribution in [3.05, 3.63) is 90.2 Å². The molecular formula is C27H22BrCl3N2O3S. The third-order valence-electron chi connectivity index (χ3n) is 5.35.